The van der Waals surface area contributed by atoms with Crippen LogP contribution in [0.1, 0.15) is 36.0 Å². The molecule has 2 heterocycles. The fourth-order valence-corrected chi connectivity index (χ4v) is 3.97. The molecule has 5 heteroatoms. The molecule has 2 aromatic carbocycles. The van der Waals surface area contributed by atoms with Gasteiger partial charge in [-0.15, -0.1) is 0 Å². The van der Waals surface area contributed by atoms with Gasteiger partial charge in [0.2, 0.25) is 0 Å². The number of hydrogen-bond acceptors (Lipinski definition) is 4. The Kier molecular flexibility index (Phi) is 5.35. The molecule has 3 N–H and O–H groups in total. The van der Waals surface area contributed by atoms with Crippen LogP contribution < -0.4 is 15.8 Å². The van der Waals surface area contributed by atoms with Gasteiger partial charge in [-0.3, -0.25) is 4.79 Å². The Balaban J connectivity index is 1.54. The zero-order valence-corrected chi connectivity index (χ0v) is 16.3. The van der Waals surface area contributed by atoms with Crippen LogP contribution in [0.2, 0.25) is 0 Å². The normalized spacial score (nSPS) is 14.4. The van der Waals surface area contributed by atoms with E-state index in [1.807, 2.05) is 37.3 Å². The topological polar surface area (TPSA) is 68.4 Å². The molecule has 0 saturated carbocycles. The number of aliphatic hydroxyl groups excluding tert-OH is 1. The molecule has 0 aliphatic carbocycles. The summed E-state index contributed by atoms with van der Waals surface area (Å²) in [5.74, 6) is 0. The first kappa shape index (κ1) is 18.6. The number of nitrogens with one attached hydrogen (secondary N) is 2. The Morgan fingerprint density at radius 2 is 1.86 bits per heavy atom. The van der Waals surface area contributed by atoms with Gasteiger partial charge < -0.3 is 20.3 Å². The Morgan fingerprint density at radius 1 is 1.04 bits per heavy atom. The number of aliphatic hydroxyl groups is 1. The maximum Gasteiger partial charge on any atom is 0.253 e. The molecule has 0 unspecified atom stereocenters. The van der Waals surface area contributed by atoms with Gasteiger partial charge in [0.25, 0.3) is 5.56 Å². The van der Waals surface area contributed by atoms with E-state index in [1.165, 1.54) is 24.8 Å². The summed E-state index contributed by atoms with van der Waals surface area (Å²) in [6.45, 7) is 4.59. The zero-order valence-electron chi connectivity index (χ0n) is 16.3. The van der Waals surface area contributed by atoms with Crippen molar-refractivity contribution in [3.05, 3.63) is 69.5 Å². The van der Waals surface area contributed by atoms with Gasteiger partial charge in [-0.05, 0) is 68.0 Å². The van der Waals surface area contributed by atoms with E-state index in [1.54, 1.807) is 0 Å². The zero-order chi connectivity index (χ0) is 19.5. The molecule has 4 rings (SSSR count). The maximum absolute atomic E-state index is 12.4. The van der Waals surface area contributed by atoms with E-state index in [9.17, 15) is 9.90 Å². The van der Waals surface area contributed by atoms with Crippen molar-refractivity contribution in [1.82, 2.24) is 4.98 Å². The molecule has 1 aromatic heterocycles. The average Bonchev–Trinajstić information content (AvgIpc) is 2.73. The third-order valence-electron chi connectivity index (χ3n) is 5.51. The van der Waals surface area contributed by atoms with E-state index < -0.39 is 0 Å². The summed E-state index contributed by atoms with van der Waals surface area (Å²) in [7, 11) is 0. The number of aromatic amines is 1. The molecule has 0 spiro atoms. The number of H-pyrrole nitrogens is 1. The molecule has 1 fully saturated rings. The molecule has 1 aliphatic rings. The fraction of sp³-hybridized carbons (Fsp3) is 0.348. The van der Waals surface area contributed by atoms with Gasteiger partial charge in [0.05, 0.1) is 6.61 Å². The number of anilines is 2. The average molecular weight is 377 g/mol. The minimum Gasteiger partial charge on any atom is -0.392 e. The molecule has 28 heavy (non-hydrogen) atoms. The highest BCUT2D eigenvalue weighted by Gasteiger charge is 2.14. The molecule has 0 radical (unpaired) electrons. The standard InChI is InChI=1S/C23H27N3O2/c1-16-5-7-21-17(11-16)12-18(23(28)25-21)14-24-20-6-8-22(19(13-20)15-27)26-9-3-2-4-10-26/h5-8,11-13,24,27H,2-4,9-10,14-15H2,1H3,(H,25,28). The van der Waals surface area contributed by atoms with Crippen molar-refractivity contribution in [2.75, 3.05) is 23.3 Å². The molecule has 0 bridgehead atoms. The van der Waals surface area contributed by atoms with Crippen LogP contribution in [-0.2, 0) is 13.2 Å². The van der Waals surface area contributed by atoms with Crippen molar-refractivity contribution in [2.24, 2.45) is 0 Å². The van der Waals surface area contributed by atoms with Gasteiger partial charge in [0, 0.05) is 47.7 Å². The summed E-state index contributed by atoms with van der Waals surface area (Å²) < 4.78 is 0. The third-order valence-corrected chi connectivity index (χ3v) is 5.51. The number of benzene rings is 2. The summed E-state index contributed by atoms with van der Waals surface area (Å²) in [4.78, 5) is 17.7. The van der Waals surface area contributed by atoms with Crippen LogP contribution in [0.15, 0.2) is 47.3 Å². The number of rotatable bonds is 5. The maximum atomic E-state index is 12.4. The highest BCUT2D eigenvalue weighted by Crippen LogP contribution is 2.27. The minimum absolute atomic E-state index is 0.0111. The van der Waals surface area contributed by atoms with Crippen LogP contribution in [0.5, 0.6) is 0 Å². The summed E-state index contributed by atoms with van der Waals surface area (Å²) in [6, 6.07) is 14.1. The smallest absolute Gasteiger partial charge is 0.253 e. The number of fused-ring (bicyclic) bond motifs is 1. The second kappa shape index (κ2) is 8.07. The number of pyridine rings is 1. The lowest BCUT2D eigenvalue weighted by Gasteiger charge is -2.30. The van der Waals surface area contributed by atoms with Gasteiger partial charge in [-0.2, -0.15) is 0 Å². The number of piperidine rings is 1. The molecule has 3 aromatic rings. The van der Waals surface area contributed by atoms with Gasteiger partial charge in [0.1, 0.15) is 0 Å². The first-order chi connectivity index (χ1) is 13.6. The van der Waals surface area contributed by atoms with Crippen molar-refractivity contribution >= 4 is 22.3 Å². The van der Waals surface area contributed by atoms with Crippen molar-refractivity contribution in [1.29, 1.82) is 0 Å². The molecule has 0 atom stereocenters. The third kappa shape index (κ3) is 3.90. The lowest BCUT2D eigenvalue weighted by molar-refractivity contribution is 0.282. The number of aromatic nitrogens is 1. The first-order valence-electron chi connectivity index (χ1n) is 9.99. The van der Waals surface area contributed by atoms with Crippen LogP contribution in [0.25, 0.3) is 10.9 Å². The van der Waals surface area contributed by atoms with Crippen molar-refractivity contribution in [2.45, 2.75) is 39.3 Å². The van der Waals surface area contributed by atoms with E-state index in [-0.39, 0.29) is 12.2 Å². The van der Waals surface area contributed by atoms with Gasteiger partial charge in [-0.25, -0.2) is 0 Å². The van der Waals surface area contributed by atoms with Crippen molar-refractivity contribution in [3.63, 3.8) is 0 Å². The van der Waals surface area contributed by atoms with Crippen LogP contribution in [-0.4, -0.2) is 23.2 Å². The van der Waals surface area contributed by atoms with E-state index in [0.717, 1.165) is 40.9 Å². The second-order valence-electron chi connectivity index (χ2n) is 7.62. The summed E-state index contributed by atoms with van der Waals surface area (Å²) in [5, 5.41) is 14.2. The largest absolute Gasteiger partial charge is 0.392 e. The Labute approximate surface area is 165 Å². The van der Waals surface area contributed by atoms with Crippen molar-refractivity contribution < 1.29 is 5.11 Å². The number of hydrogen-bond donors (Lipinski definition) is 3. The Bertz CT molecular complexity index is 1040. The van der Waals surface area contributed by atoms with E-state index in [0.29, 0.717) is 12.1 Å². The molecule has 146 valence electrons. The molecule has 1 aliphatic heterocycles. The van der Waals surface area contributed by atoms with Gasteiger partial charge in [0.15, 0.2) is 0 Å². The SMILES string of the molecule is Cc1ccc2[nH]c(=O)c(CNc3ccc(N4CCCCC4)c(CO)c3)cc2c1. The van der Waals surface area contributed by atoms with E-state index in [2.05, 4.69) is 27.3 Å². The van der Waals surface area contributed by atoms with Crippen LogP contribution in [0, 0.1) is 6.92 Å². The van der Waals surface area contributed by atoms with E-state index in [4.69, 9.17) is 0 Å². The number of aryl methyl sites for hydroxylation is 1. The molecular weight excluding hydrogens is 350 g/mol. The van der Waals surface area contributed by atoms with Gasteiger partial charge >= 0.3 is 0 Å². The first-order valence-corrected chi connectivity index (χ1v) is 9.99. The quantitative estimate of drug-likeness (QED) is 0.630. The summed E-state index contributed by atoms with van der Waals surface area (Å²) >= 11 is 0. The number of nitrogens with zero attached hydrogens (tertiary/aromatic N) is 1. The monoisotopic (exact) mass is 377 g/mol. The molecular formula is C23H27N3O2. The molecule has 0 amide bonds. The highest BCUT2D eigenvalue weighted by molar-refractivity contribution is 5.79. The lowest BCUT2D eigenvalue weighted by atomic mass is 10.1. The Morgan fingerprint density at radius 3 is 2.64 bits per heavy atom. The molecule has 5 nitrogen and oxygen atoms in total. The fourth-order valence-electron chi connectivity index (χ4n) is 3.97. The summed E-state index contributed by atoms with van der Waals surface area (Å²) in [5.41, 5.74) is 5.60. The predicted molar refractivity (Wildman–Crippen MR) is 115 cm³/mol. The van der Waals surface area contributed by atoms with E-state index >= 15 is 0 Å². The van der Waals surface area contributed by atoms with Crippen LogP contribution >= 0.6 is 0 Å². The minimum atomic E-state index is -0.0730. The summed E-state index contributed by atoms with van der Waals surface area (Å²) in [6.07, 6.45) is 3.69. The van der Waals surface area contributed by atoms with Crippen LogP contribution in [0.4, 0.5) is 11.4 Å². The van der Waals surface area contributed by atoms with Crippen molar-refractivity contribution in [3.8, 4) is 0 Å². The predicted octanol–water partition coefficient (Wildman–Crippen LogP) is 3.93. The second-order valence-corrected chi connectivity index (χ2v) is 7.62. The lowest BCUT2D eigenvalue weighted by Crippen LogP contribution is -2.30. The highest BCUT2D eigenvalue weighted by atomic mass is 16.3. The molecule has 1 saturated heterocycles. The van der Waals surface area contributed by atoms with Gasteiger partial charge in [-0.1, -0.05) is 11.6 Å². The Hall–Kier alpha value is -2.79. The van der Waals surface area contributed by atoms with Crippen LogP contribution in [0.3, 0.4) is 0 Å².